The molecule has 9 heteroatoms. The lowest BCUT2D eigenvalue weighted by Gasteiger charge is -2.19. The quantitative estimate of drug-likeness (QED) is 0.591. The topological polar surface area (TPSA) is 105 Å². The van der Waals surface area contributed by atoms with Crippen molar-refractivity contribution in [2.45, 2.75) is 52.5 Å². The standard InChI is InChI=1S/C23H29N7O2/c1-15-11-17(3)30-23(25-15)27-20(28-30)14-22(32)24-16(2)12-21(31)26-18-7-6-8-19(13-18)29-9-4-5-10-29/h6-8,11,13,16H,4-5,9-10,12,14H2,1-3H3,(H,24,32)(H,26,31). The Morgan fingerprint density at radius 1 is 1.09 bits per heavy atom. The van der Waals surface area contributed by atoms with Gasteiger partial charge < -0.3 is 15.5 Å². The molecule has 3 aromatic rings. The maximum atomic E-state index is 12.5. The molecule has 1 saturated heterocycles. The van der Waals surface area contributed by atoms with Gasteiger partial charge in [-0.2, -0.15) is 4.98 Å². The first kappa shape index (κ1) is 21.7. The van der Waals surface area contributed by atoms with Crippen LogP contribution in [-0.2, 0) is 16.0 Å². The molecule has 168 valence electrons. The number of amides is 2. The van der Waals surface area contributed by atoms with Crippen LogP contribution >= 0.6 is 0 Å². The number of nitrogens with zero attached hydrogens (tertiary/aromatic N) is 5. The normalized spacial score (nSPS) is 14.5. The van der Waals surface area contributed by atoms with Gasteiger partial charge in [0.25, 0.3) is 5.78 Å². The van der Waals surface area contributed by atoms with Crippen LogP contribution in [0, 0.1) is 13.8 Å². The molecule has 0 aliphatic carbocycles. The molecule has 1 aliphatic rings. The van der Waals surface area contributed by atoms with E-state index in [1.54, 1.807) is 4.52 Å². The molecule has 4 rings (SSSR count). The molecule has 1 aromatic carbocycles. The number of aromatic nitrogens is 4. The third-order valence-corrected chi connectivity index (χ3v) is 5.48. The van der Waals surface area contributed by atoms with Crippen LogP contribution in [0.2, 0.25) is 0 Å². The third kappa shape index (κ3) is 5.22. The molecule has 0 bridgehead atoms. The number of carbonyl (C=O) groups excluding carboxylic acids is 2. The van der Waals surface area contributed by atoms with E-state index in [1.165, 1.54) is 12.8 Å². The van der Waals surface area contributed by atoms with Crippen molar-refractivity contribution in [1.29, 1.82) is 0 Å². The number of benzene rings is 1. The molecule has 2 amide bonds. The van der Waals surface area contributed by atoms with Gasteiger partial charge in [-0.3, -0.25) is 9.59 Å². The lowest BCUT2D eigenvalue weighted by molar-refractivity contribution is -0.121. The summed E-state index contributed by atoms with van der Waals surface area (Å²) in [5.74, 6) is 0.511. The molecule has 32 heavy (non-hydrogen) atoms. The fourth-order valence-electron chi connectivity index (χ4n) is 4.05. The predicted molar refractivity (Wildman–Crippen MR) is 123 cm³/mol. The smallest absolute Gasteiger partial charge is 0.252 e. The van der Waals surface area contributed by atoms with Crippen molar-refractivity contribution in [3.8, 4) is 0 Å². The van der Waals surface area contributed by atoms with Gasteiger partial charge in [-0.15, -0.1) is 5.10 Å². The van der Waals surface area contributed by atoms with E-state index in [9.17, 15) is 9.59 Å². The van der Waals surface area contributed by atoms with Gasteiger partial charge in [0.15, 0.2) is 5.82 Å². The first-order valence-electron chi connectivity index (χ1n) is 11.0. The summed E-state index contributed by atoms with van der Waals surface area (Å²) < 4.78 is 1.63. The first-order valence-corrected chi connectivity index (χ1v) is 11.0. The van der Waals surface area contributed by atoms with Gasteiger partial charge in [-0.1, -0.05) is 6.07 Å². The van der Waals surface area contributed by atoms with E-state index in [1.807, 2.05) is 45.0 Å². The Balaban J connectivity index is 1.29. The van der Waals surface area contributed by atoms with Crippen LogP contribution in [0.3, 0.4) is 0 Å². The Kier molecular flexibility index (Phi) is 6.34. The van der Waals surface area contributed by atoms with Crippen molar-refractivity contribution in [2.24, 2.45) is 0 Å². The van der Waals surface area contributed by atoms with Gasteiger partial charge in [0.2, 0.25) is 11.8 Å². The highest BCUT2D eigenvalue weighted by atomic mass is 16.2. The molecule has 3 heterocycles. The minimum Gasteiger partial charge on any atom is -0.371 e. The monoisotopic (exact) mass is 435 g/mol. The highest BCUT2D eigenvalue weighted by Gasteiger charge is 2.17. The second-order valence-corrected chi connectivity index (χ2v) is 8.42. The van der Waals surface area contributed by atoms with Gasteiger partial charge in [0, 0.05) is 48.3 Å². The number of nitrogens with one attached hydrogen (secondary N) is 2. The Hall–Kier alpha value is -3.49. The van der Waals surface area contributed by atoms with Gasteiger partial charge >= 0.3 is 0 Å². The fourth-order valence-corrected chi connectivity index (χ4v) is 4.05. The predicted octanol–water partition coefficient (Wildman–Crippen LogP) is 2.42. The van der Waals surface area contributed by atoms with Gasteiger partial charge in [-0.25, -0.2) is 9.50 Å². The van der Waals surface area contributed by atoms with Crippen molar-refractivity contribution in [3.63, 3.8) is 0 Å². The number of fused-ring (bicyclic) bond motifs is 1. The molecule has 0 spiro atoms. The maximum Gasteiger partial charge on any atom is 0.252 e. The molecule has 9 nitrogen and oxygen atoms in total. The summed E-state index contributed by atoms with van der Waals surface area (Å²) in [6.07, 6.45) is 2.62. The summed E-state index contributed by atoms with van der Waals surface area (Å²) in [6, 6.07) is 9.49. The summed E-state index contributed by atoms with van der Waals surface area (Å²) in [5, 5.41) is 10.1. The molecule has 2 N–H and O–H groups in total. The van der Waals surface area contributed by atoms with Gasteiger partial charge in [-0.05, 0) is 57.9 Å². The average molecular weight is 436 g/mol. The lowest BCUT2D eigenvalue weighted by atomic mass is 10.2. The SMILES string of the molecule is Cc1cc(C)n2nc(CC(=O)NC(C)CC(=O)Nc3cccc(N4CCCC4)c3)nc2n1. The van der Waals surface area contributed by atoms with Crippen LogP contribution in [-0.4, -0.2) is 50.5 Å². The largest absolute Gasteiger partial charge is 0.371 e. The minimum atomic E-state index is -0.316. The fraction of sp³-hybridized carbons (Fsp3) is 0.435. The van der Waals surface area contributed by atoms with Crippen LogP contribution < -0.4 is 15.5 Å². The number of aryl methyl sites for hydroxylation is 2. The first-order chi connectivity index (χ1) is 15.4. The third-order valence-electron chi connectivity index (χ3n) is 5.48. The second kappa shape index (κ2) is 9.33. The Morgan fingerprint density at radius 2 is 1.88 bits per heavy atom. The summed E-state index contributed by atoms with van der Waals surface area (Å²) in [7, 11) is 0. The van der Waals surface area contributed by atoms with Gasteiger partial charge in [0.1, 0.15) is 0 Å². The summed E-state index contributed by atoms with van der Waals surface area (Å²) >= 11 is 0. The van der Waals surface area contributed by atoms with Crippen molar-refractivity contribution in [2.75, 3.05) is 23.3 Å². The maximum absolute atomic E-state index is 12.5. The molecule has 0 saturated carbocycles. The highest BCUT2D eigenvalue weighted by Crippen LogP contribution is 2.23. The second-order valence-electron chi connectivity index (χ2n) is 8.42. The number of carbonyl (C=O) groups is 2. The Morgan fingerprint density at radius 3 is 2.66 bits per heavy atom. The van der Waals surface area contributed by atoms with E-state index >= 15 is 0 Å². The minimum absolute atomic E-state index is 0.0334. The van der Waals surface area contributed by atoms with E-state index in [2.05, 4.69) is 36.7 Å². The number of rotatable bonds is 7. The zero-order valence-electron chi connectivity index (χ0n) is 18.8. The van der Waals surface area contributed by atoms with E-state index in [-0.39, 0.29) is 30.7 Å². The Labute approximate surface area is 187 Å². The zero-order chi connectivity index (χ0) is 22.7. The number of hydrogen-bond acceptors (Lipinski definition) is 6. The number of hydrogen-bond donors (Lipinski definition) is 2. The molecule has 1 unspecified atom stereocenters. The Bertz CT molecular complexity index is 1130. The van der Waals surface area contributed by atoms with Crippen LogP contribution in [0.25, 0.3) is 5.78 Å². The van der Waals surface area contributed by atoms with Crippen LogP contribution in [0.5, 0.6) is 0 Å². The van der Waals surface area contributed by atoms with Gasteiger partial charge in [0.05, 0.1) is 6.42 Å². The summed E-state index contributed by atoms with van der Waals surface area (Å²) in [5.41, 5.74) is 3.65. The molecule has 2 aromatic heterocycles. The van der Waals surface area contributed by atoms with Crippen LogP contribution in [0.15, 0.2) is 30.3 Å². The highest BCUT2D eigenvalue weighted by molar-refractivity contribution is 5.92. The van der Waals surface area contributed by atoms with E-state index in [0.717, 1.165) is 35.9 Å². The van der Waals surface area contributed by atoms with Crippen LogP contribution in [0.4, 0.5) is 11.4 Å². The molecule has 1 fully saturated rings. The van der Waals surface area contributed by atoms with Crippen molar-refractivity contribution in [1.82, 2.24) is 24.9 Å². The van der Waals surface area contributed by atoms with E-state index in [0.29, 0.717) is 11.6 Å². The molecule has 0 radical (unpaired) electrons. The van der Waals surface area contributed by atoms with E-state index in [4.69, 9.17) is 0 Å². The average Bonchev–Trinajstić information content (AvgIpc) is 3.37. The molecule has 1 atom stereocenters. The number of anilines is 2. The summed E-state index contributed by atoms with van der Waals surface area (Å²) in [4.78, 5) is 35.9. The van der Waals surface area contributed by atoms with E-state index < -0.39 is 0 Å². The van der Waals surface area contributed by atoms with Crippen molar-refractivity contribution < 1.29 is 9.59 Å². The zero-order valence-corrected chi connectivity index (χ0v) is 18.8. The van der Waals surface area contributed by atoms with Crippen molar-refractivity contribution >= 4 is 29.0 Å². The van der Waals surface area contributed by atoms with Crippen molar-refractivity contribution in [3.05, 3.63) is 47.5 Å². The lowest BCUT2D eigenvalue weighted by Crippen LogP contribution is -2.36. The summed E-state index contributed by atoms with van der Waals surface area (Å²) in [6.45, 7) is 7.73. The molecule has 1 aliphatic heterocycles. The molecular weight excluding hydrogens is 406 g/mol. The molecular formula is C23H29N7O2. The van der Waals surface area contributed by atoms with Crippen LogP contribution in [0.1, 0.15) is 43.4 Å².